The van der Waals surface area contributed by atoms with E-state index in [0.29, 0.717) is 6.04 Å². The summed E-state index contributed by atoms with van der Waals surface area (Å²) in [7, 11) is 0. The van der Waals surface area contributed by atoms with Crippen molar-refractivity contribution in [1.82, 2.24) is 5.32 Å². The van der Waals surface area contributed by atoms with Gasteiger partial charge in [0, 0.05) is 16.3 Å². The van der Waals surface area contributed by atoms with E-state index in [1.54, 1.807) is 0 Å². The second-order valence-electron chi connectivity index (χ2n) is 4.16. The topological polar surface area (TPSA) is 12.0 Å². The number of hydrogen-bond donors (Lipinski definition) is 1. The molecule has 1 aromatic rings. The molecule has 17 heavy (non-hydrogen) atoms. The maximum absolute atomic E-state index is 3.57. The minimum absolute atomic E-state index is 0.589. The molecule has 0 saturated heterocycles. The molecule has 0 saturated carbocycles. The Bertz CT molecular complexity index is 317. The smallest absolute Gasteiger partial charge is 0.0198 e. The van der Waals surface area contributed by atoms with E-state index in [2.05, 4.69) is 71.1 Å². The normalized spacial score (nSPS) is 12.6. The molecule has 0 aliphatic carbocycles. The SMILES string of the molecule is CCCSCC(Cc1cccc(Br)c1)NCC. The second-order valence-corrected chi connectivity index (χ2v) is 6.23. The summed E-state index contributed by atoms with van der Waals surface area (Å²) in [6.45, 7) is 5.47. The number of nitrogens with one attached hydrogen (secondary N) is 1. The van der Waals surface area contributed by atoms with E-state index < -0.39 is 0 Å². The molecule has 0 heterocycles. The van der Waals surface area contributed by atoms with Crippen LogP contribution in [0.25, 0.3) is 0 Å². The molecule has 0 spiro atoms. The quantitative estimate of drug-likeness (QED) is 0.724. The lowest BCUT2D eigenvalue weighted by atomic mass is 10.1. The summed E-state index contributed by atoms with van der Waals surface area (Å²) in [6, 6.07) is 9.21. The van der Waals surface area contributed by atoms with Crippen molar-refractivity contribution in [2.24, 2.45) is 0 Å². The number of rotatable bonds is 8. The van der Waals surface area contributed by atoms with Gasteiger partial charge in [0.25, 0.3) is 0 Å². The van der Waals surface area contributed by atoms with Gasteiger partial charge in [0.15, 0.2) is 0 Å². The molecule has 1 atom stereocenters. The van der Waals surface area contributed by atoms with Crippen LogP contribution in [-0.4, -0.2) is 24.1 Å². The van der Waals surface area contributed by atoms with Gasteiger partial charge >= 0.3 is 0 Å². The minimum atomic E-state index is 0.589. The van der Waals surface area contributed by atoms with E-state index in [9.17, 15) is 0 Å². The summed E-state index contributed by atoms with van der Waals surface area (Å²) in [5, 5.41) is 3.57. The van der Waals surface area contributed by atoms with Gasteiger partial charge in [-0.25, -0.2) is 0 Å². The highest BCUT2D eigenvalue weighted by molar-refractivity contribution is 9.10. The first kappa shape index (κ1) is 15.1. The number of benzene rings is 1. The molecule has 1 nitrogen and oxygen atoms in total. The van der Waals surface area contributed by atoms with Crippen molar-refractivity contribution in [3.8, 4) is 0 Å². The number of thioether (sulfide) groups is 1. The van der Waals surface area contributed by atoms with Gasteiger partial charge in [-0.15, -0.1) is 0 Å². The fourth-order valence-electron chi connectivity index (χ4n) is 1.80. The van der Waals surface area contributed by atoms with E-state index in [1.165, 1.54) is 28.0 Å². The van der Waals surface area contributed by atoms with E-state index >= 15 is 0 Å². The Morgan fingerprint density at radius 1 is 1.35 bits per heavy atom. The number of halogens is 1. The molecule has 0 radical (unpaired) electrons. The molecule has 1 aromatic carbocycles. The Labute approximate surface area is 118 Å². The van der Waals surface area contributed by atoms with E-state index in [-0.39, 0.29) is 0 Å². The third kappa shape index (κ3) is 6.49. The molecule has 3 heteroatoms. The van der Waals surface area contributed by atoms with Gasteiger partial charge in [-0.05, 0) is 42.8 Å². The monoisotopic (exact) mass is 315 g/mol. The maximum Gasteiger partial charge on any atom is 0.0198 e. The molecule has 96 valence electrons. The first-order chi connectivity index (χ1) is 8.26. The average molecular weight is 316 g/mol. The number of likely N-dealkylation sites (N-methyl/N-ethyl adjacent to an activating group) is 1. The van der Waals surface area contributed by atoms with Crippen molar-refractivity contribution in [1.29, 1.82) is 0 Å². The minimum Gasteiger partial charge on any atom is -0.313 e. The van der Waals surface area contributed by atoms with Crippen LogP contribution in [-0.2, 0) is 6.42 Å². The molecule has 0 aliphatic heterocycles. The van der Waals surface area contributed by atoms with Crippen LogP contribution in [0.3, 0.4) is 0 Å². The Morgan fingerprint density at radius 3 is 2.82 bits per heavy atom. The Kier molecular flexibility index (Phi) is 7.99. The highest BCUT2D eigenvalue weighted by atomic mass is 79.9. The zero-order chi connectivity index (χ0) is 12.5. The molecule has 1 unspecified atom stereocenters. The van der Waals surface area contributed by atoms with Gasteiger partial charge in [-0.3, -0.25) is 0 Å². The maximum atomic E-state index is 3.57. The van der Waals surface area contributed by atoms with Gasteiger partial charge in [-0.1, -0.05) is 41.9 Å². The van der Waals surface area contributed by atoms with Gasteiger partial charge in [0.2, 0.25) is 0 Å². The molecule has 1 rings (SSSR count). The summed E-state index contributed by atoms with van der Waals surface area (Å²) in [4.78, 5) is 0. The summed E-state index contributed by atoms with van der Waals surface area (Å²) in [5.41, 5.74) is 1.41. The largest absolute Gasteiger partial charge is 0.313 e. The molecule has 0 aromatic heterocycles. The fourth-order valence-corrected chi connectivity index (χ4v) is 3.22. The lowest BCUT2D eigenvalue weighted by Crippen LogP contribution is -2.33. The van der Waals surface area contributed by atoms with Crippen molar-refractivity contribution >= 4 is 27.7 Å². The van der Waals surface area contributed by atoms with Gasteiger partial charge in [0.05, 0.1) is 0 Å². The van der Waals surface area contributed by atoms with Gasteiger partial charge in [0.1, 0.15) is 0 Å². The summed E-state index contributed by atoms with van der Waals surface area (Å²) in [6.07, 6.45) is 2.38. The van der Waals surface area contributed by atoms with Crippen LogP contribution < -0.4 is 5.32 Å². The third-order valence-electron chi connectivity index (χ3n) is 2.53. The highest BCUT2D eigenvalue weighted by Gasteiger charge is 2.08. The van der Waals surface area contributed by atoms with Crippen LogP contribution in [0, 0.1) is 0 Å². The molecule has 0 aliphatic rings. The molecule has 0 amide bonds. The Morgan fingerprint density at radius 2 is 2.18 bits per heavy atom. The van der Waals surface area contributed by atoms with Crippen molar-refractivity contribution in [2.45, 2.75) is 32.7 Å². The lowest BCUT2D eigenvalue weighted by molar-refractivity contribution is 0.572. The van der Waals surface area contributed by atoms with Crippen molar-refractivity contribution in [3.63, 3.8) is 0 Å². The number of hydrogen-bond acceptors (Lipinski definition) is 2. The lowest BCUT2D eigenvalue weighted by Gasteiger charge is -2.17. The molecular weight excluding hydrogens is 294 g/mol. The zero-order valence-corrected chi connectivity index (χ0v) is 13.1. The van der Waals surface area contributed by atoms with Crippen LogP contribution >= 0.6 is 27.7 Å². The van der Waals surface area contributed by atoms with Gasteiger partial charge in [-0.2, -0.15) is 11.8 Å². The zero-order valence-electron chi connectivity index (χ0n) is 10.7. The van der Waals surface area contributed by atoms with E-state index in [0.717, 1.165) is 13.0 Å². The Balaban J connectivity index is 2.47. The summed E-state index contributed by atoms with van der Waals surface area (Å²) in [5.74, 6) is 2.47. The molecule has 0 bridgehead atoms. The van der Waals surface area contributed by atoms with Crippen molar-refractivity contribution < 1.29 is 0 Å². The van der Waals surface area contributed by atoms with Crippen LogP contribution in [0.1, 0.15) is 25.8 Å². The van der Waals surface area contributed by atoms with Crippen molar-refractivity contribution in [2.75, 3.05) is 18.1 Å². The molecule has 1 N–H and O–H groups in total. The fraction of sp³-hybridized carbons (Fsp3) is 0.571. The van der Waals surface area contributed by atoms with Crippen LogP contribution in [0.15, 0.2) is 28.7 Å². The second kappa shape index (κ2) is 9.01. The third-order valence-corrected chi connectivity index (χ3v) is 4.36. The Hall–Kier alpha value is 0.01000. The predicted octanol–water partition coefficient (Wildman–Crippen LogP) is 4.11. The highest BCUT2D eigenvalue weighted by Crippen LogP contribution is 2.15. The standard InChI is InChI=1S/C14H22BrNS/c1-3-8-17-11-14(16-4-2)10-12-6-5-7-13(15)9-12/h5-7,9,14,16H,3-4,8,10-11H2,1-2H3. The summed E-state index contributed by atoms with van der Waals surface area (Å²) < 4.78 is 1.17. The van der Waals surface area contributed by atoms with E-state index in [1.807, 2.05) is 0 Å². The molecular formula is C14H22BrNS. The van der Waals surface area contributed by atoms with Crippen molar-refractivity contribution in [3.05, 3.63) is 34.3 Å². The first-order valence-corrected chi connectivity index (χ1v) is 8.26. The molecule has 0 fully saturated rings. The average Bonchev–Trinajstić information content (AvgIpc) is 2.29. The first-order valence-electron chi connectivity index (χ1n) is 6.31. The van der Waals surface area contributed by atoms with Crippen LogP contribution in [0.5, 0.6) is 0 Å². The predicted molar refractivity (Wildman–Crippen MR) is 82.9 cm³/mol. The van der Waals surface area contributed by atoms with Crippen LogP contribution in [0.2, 0.25) is 0 Å². The van der Waals surface area contributed by atoms with Crippen LogP contribution in [0.4, 0.5) is 0 Å². The summed E-state index contributed by atoms with van der Waals surface area (Å²) >= 11 is 5.58. The van der Waals surface area contributed by atoms with E-state index in [4.69, 9.17) is 0 Å². The van der Waals surface area contributed by atoms with Gasteiger partial charge < -0.3 is 5.32 Å².